The molecular formula is C19H27N3O2. The predicted octanol–water partition coefficient (Wildman–Crippen LogP) is 2.77. The Morgan fingerprint density at radius 1 is 1.21 bits per heavy atom. The normalized spacial score (nSPS) is 12.3. The molecule has 1 aromatic carbocycles. The molecule has 0 saturated heterocycles. The number of rotatable bonds is 8. The van der Waals surface area contributed by atoms with Gasteiger partial charge in [0.05, 0.1) is 0 Å². The SMILES string of the molecule is CNC(=O)[C@@H](CC(C)C)NC(=O)CCCc1c[nH]c2ccccc12. The Morgan fingerprint density at radius 3 is 2.67 bits per heavy atom. The van der Waals surface area contributed by atoms with Gasteiger partial charge in [-0.1, -0.05) is 32.0 Å². The Morgan fingerprint density at radius 2 is 1.96 bits per heavy atom. The van der Waals surface area contributed by atoms with E-state index in [4.69, 9.17) is 0 Å². The van der Waals surface area contributed by atoms with Gasteiger partial charge in [0.1, 0.15) is 6.04 Å². The van der Waals surface area contributed by atoms with Crippen LogP contribution in [0.15, 0.2) is 30.5 Å². The summed E-state index contributed by atoms with van der Waals surface area (Å²) in [5, 5.41) is 6.68. The molecule has 1 heterocycles. The number of fused-ring (bicyclic) bond motifs is 1. The second-order valence-electron chi connectivity index (χ2n) is 6.58. The molecule has 0 saturated carbocycles. The molecule has 24 heavy (non-hydrogen) atoms. The van der Waals surface area contributed by atoms with Gasteiger partial charge in [0.2, 0.25) is 11.8 Å². The molecule has 0 aliphatic carbocycles. The lowest BCUT2D eigenvalue weighted by Gasteiger charge is -2.19. The van der Waals surface area contributed by atoms with Gasteiger partial charge in [-0.15, -0.1) is 0 Å². The Bertz CT molecular complexity index is 691. The summed E-state index contributed by atoms with van der Waals surface area (Å²) in [4.78, 5) is 27.3. The topological polar surface area (TPSA) is 74.0 Å². The highest BCUT2D eigenvalue weighted by molar-refractivity contribution is 5.87. The van der Waals surface area contributed by atoms with E-state index in [1.54, 1.807) is 7.05 Å². The average molecular weight is 329 g/mol. The number of H-pyrrole nitrogens is 1. The van der Waals surface area contributed by atoms with Crippen molar-refractivity contribution in [2.24, 2.45) is 5.92 Å². The quantitative estimate of drug-likeness (QED) is 0.697. The first-order valence-corrected chi connectivity index (χ1v) is 8.57. The molecule has 0 bridgehead atoms. The van der Waals surface area contributed by atoms with Crippen LogP contribution < -0.4 is 10.6 Å². The maximum Gasteiger partial charge on any atom is 0.242 e. The molecule has 0 radical (unpaired) electrons. The molecule has 2 amide bonds. The summed E-state index contributed by atoms with van der Waals surface area (Å²) >= 11 is 0. The summed E-state index contributed by atoms with van der Waals surface area (Å²) in [6, 6.07) is 7.71. The van der Waals surface area contributed by atoms with E-state index in [1.165, 1.54) is 10.9 Å². The molecule has 2 rings (SSSR count). The second-order valence-corrected chi connectivity index (χ2v) is 6.58. The Labute approximate surface area is 143 Å². The standard InChI is InChI=1S/C19H27N3O2/c1-13(2)11-17(19(24)20-3)22-18(23)10-6-7-14-12-21-16-9-5-4-8-15(14)16/h4-5,8-9,12-13,17,21H,6-7,10-11H2,1-3H3,(H,20,24)(H,22,23)/t17-/m1/s1. The first-order valence-electron chi connectivity index (χ1n) is 8.57. The lowest BCUT2D eigenvalue weighted by Crippen LogP contribution is -2.46. The average Bonchev–Trinajstić information content (AvgIpc) is 2.96. The fourth-order valence-corrected chi connectivity index (χ4v) is 2.92. The smallest absolute Gasteiger partial charge is 0.242 e. The molecule has 3 N–H and O–H groups in total. The summed E-state index contributed by atoms with van der Waals surface area (Å²) in [6.45, 7) is 4.08. The monoisotopic (exact) mass is 329 g/mol. The van der Waals surface area contributed by atoms with Gasteiger partial charge in [-0.05, 0) is 36.8 Å². The molecule has 1 atom stereocenters. The van der Waals surface area contributed by atoms with Gasteiger partial charge in [-0.2, -0.15) is 0 Å². The third-order valence-corrected chi connectivity index (χ3v) is 4.13. The number of carbonyl (C=O) groups excluding carboxylic acids is 2. The number of hydrogen-bond donors (Lipinski definition) is 3. The molecule has 2 aromatic rings. The predicted molar refractivity (Wildman–Crippen MR) is 96.7 cm³/mol. The first-order chi connectivity index (χ1) is 11.5. The molecule has 0 aliphatic rings. The highest BCUT2D eigenvalue weighted by atomic mass is 16.2. The van der Waals surface area contributed by atoms with Crippen molar-refractivity contribution >= 4 is 22.7 Å². The number of benzene rings is 1. The van der Waals surface area contributed by atoms with E-state index >= 15 is 0 Å². The molecule has 0 spiro atoms. The maximum absolute atomic E-state index is 12.1. The van der Waals surface area contributed by atoms with Crippen molar-refractivity contribution in [3.05, 3.63) is 36.0 Å². The Hall–Kier alpha value is -2.30. The summed E-state index contributed by atoms with van der Waals surface area (Å²) in [7, 11) is 1.60. The molecule has 130 valence electrons. The van der Waals surface area contributed by atoms with Crippen LogP contribution >= 0.6 is 0 Å². The van der Waals surface area contributed by atoms with E-state index in [2.05, 4.69) is 21.7 Å². The number of amides is 2. The van der Waals surface area contributed by atoms with Crippen LogP contribution in [0.3, 0.4) is 0 Å². The summed E-state index contributed by atoms with van der Waals surface area (Å²) < 4.78 is 0. The lowest BCUT2D eigenvalue weighted by molar-refractivity contribution is -0.129. The molecular weight excluding hydrogens is 302 g/mol. The van der Waals surface area contributed by atoms with Crippen molar-refractivity contribution in [1.29, 1.82) is 0 Å². The minimum atomic E-state index is -0.449. The van der Waals surface area contributed by atoms with Crippen LogP contribution in [0, 0.1) is 5.92 Å². The van der Waals surface area contributed by atoms with Crippen molar-refractivity contribution in [2.75, 3.05) is 7.05 Å². The number of aryl methyl sites for hydroxylation is 1. The second kappa shape index (κ2) is 8.52. The summed E-state index contributed by atoms with van der Waals surface area (Å²) in [5.41, 5.74) is 2.34. The summed E-state index contributed by atoms with van der Waals surface area (Å²) in [6.07, 6.45) is 4.68. The van der Waals surface area contributed by atoms with Crippen LogP contribution in [0.5, 0.6) is 0 Å². The third kappa shape index (κ3) is 4.85. The highest BCUT2D eigenvalue weighted by Crippen LogP contribution is 2.19. The van der Waals surface area contributed by atoms with Crippen molar-refractivity contribution < 1.29 is 9.59 Å². The van der Waals surface area contributed by atoms with Gasteiger partial charge < -0.3 is 15.6 Å². The number of nitrogens with one attached hydrogen (secondary N) is 3. The zero-order valence-corrected chi connectivity index (χ0v) is 14.7. The van der Waals surface area contributed by atoms with Crippen LogP contribution in [0.1, 0.15) is 38.7 Å². The number of aromatic nitrogens is 1. The zero-order valence-electron chi connectivity index (χ0n) is 14.7. The molecule has 5 nitrogen and oxygen atoms in total. The first kappa shape index (κ1) is 18.0. The van der Waals surface area contributed by atoms with E-state index in [1.807, 2.05) is 38.2 Å². The van der Waals surface area contributed by atoms with Crippen molar-refractivity contribution in [3.63, 3.8) is 0 Å². The maximum atomic E-state index is 12.1. The van der Waals surface area contributed by atoms with Gasteiger partial charge >= 0.3 is 0 Å². The number of carbonyl (C=O) groups is 2. The van der Waals surface area contributed by atoms with E-state index in [9.17, 15) is 9.59 Å². The molecule has 5 heteroatoms. The fraction of sp³-hybridized carbons (Fsp3) is 0.474. The minimum absolute atomic E-state index is 0.0657. The molecule has 0 unspecified atom stereocenters. The van der Waals surface area contributed by atoms with Gasteiger partial charge in [0, 0.05) is 30.6 Å². The number of aromatic amines is 1. The van der Waals surface area contributed by atoms with Crippen molar-refractivity contribution in [2.45, 2.75) is 45.6 Å². The van der Waals surface area contributed by atoms with Crippen LogP contribution in [-0.4, -0.2) is 29.9 Å². The van der Waals surface area contributed by atoms with E-state index < -0.39 is 6.04 Å². The van der Waals surface area contributed by atoms with Crippen LogP contribution in [-0.2, 0) is 16.0 Å². The largest absolute Gasteiger partial charge is 0.361 e. The molecule has 0 fully saturated rings. The zero-order chi connectivity index (χ0) is 17.5. The summed E-state index contributed by atoms with van der Waals surface area (Å²) in [5.74, 6) is 0.150. The van der Waals surface area contributed by atoms with Crippen molar-refractivity contribution in [3.8, 4) is 0 Å². The van der Waals surface area contributed by atoms with E-state index in [0.717, 1.165) is 18.4 Å². The van der Waals surface area contributed by atoms with E-state index in [0.29, 0.717) is 18.8 Å². The van der Waals surface area contributed by atoms with Gasteiger partial charge in [-0.3, -0.25) is 9.59 Å². The van der Waals surface area contributed by atoms with Crippen molar-refractivity contribution in [1.82, 2.24) is 15.6 Å². The van der Waals surface area contributed by atoms with Gasteiger partial charge in [-0.25, -0.2) is 0 Å². The van der Waals surface area contributed by atoms with Crippen LogP contribution in [0.2, 0.25) is 0 Å². The highest BCUT2D eigenvalue weighted by Gasteiger charge is 2.20. The number of hydrogen-bond acceptors (Lipinski definition) is 2. The van der Waals surface area contributed by atoms with Gasteiger partial charge in [0.15, 0.2) is 0 Å². The number of para-hydroxylation sites is 1. The van der Waals surface area contributed by atoms with Crippen LogP contribution in [0.4, 0.5) is 0 Å². The Kier molecular flexibility index (Phi) is 6.41. The minimum Gasteiger partial charge on any atom is -0.361 e. The molecule has 1 aromatic heterocycles. The third-order valence-electron chi connectivity index (χ3n) is 4.13. The Balaban J connectivity index is 1.84. The molecule has 0 aliphatic heterocycles. The fourth-order valence-electron chi connectivity index (χ4n) is 2.92. The van der Waals surface area contributed by atoms with Gasteiger partial charge in [0.25, 0.3) is 0 Å². The number of likely N-dealkylation sites (N-methyl/N-ethyl adjacent to an activating group) is 1. The van der Waals surface area contributed by atoms with E-state index in [-0.39, 0.29) is 11.8 Å². The lowest BCUT2D eigenvalue weighted by atomic mass is 10.0. The van der Waals surface area contributed by atoms with Crippen LogP contribution in [0.25, 0.3) is 10.9 Å².